The minimum Gasteiger partial charge on any atom is -0.497 e. The first kappa shape index (κ1) is 44.7. The number of aromatic nitrogens is 4. The van der Waals surface area contributed by atoms with Crippen LogP contribution in [0.4, 0.5) is 34.0 Å². The van der Waals surface area contributed by atoms with Crippen molar-refractivity contribution < 1.29 is 50.8 Å². The Kier molecular flexibility index (Phi) is 11.0. The van der Waals surface area contributed by atoms with E-state index in [1.807, 2.05) is 61.8 Å². The lowest BCUT2D eigenvalue weighted by atomic mass is 9.71. The molecule has 3 aromatic heterocycles. The van der Waals surface area contributed by atoms with Crippen LogP contribution in [0.15, 0.2) is 54.6 Å². The molecule has 5 aliphatic heterocycles. The summed E-state index contributed by atoms with van der Waals surface area (Å²) in [5.74, 6) is 0.437. The number of pyridine rings is 2. The molecule has 2 aromatic carbocycles. The Hall–Kier alpha value is -6.17. The maximum Gasteiger partial charge on any atom is 0.418 e. The number of anilines is 2. The summed E-state index contributed by atoms with van der Waals surface area (Å²) in [5, 5.41) is 0.0966. The Morgan fingerprint density at radius 3 is 2.16 bits per heavy atom. The minimum atomic E-state index is -4.98. The van der Waals surface area contributed by atoms with Crippen molar-refractivity contribution in [2.24, 2.45) is 5.41 Å². The van der Waals surface area contributed by atoms with Crippen LogP contribution in [0.25, 0.3) is 22.2 Å². The Bertz CT molecular complexity index is 2660. The van der Waals surface area contributed by atoms with Gasteiger partial charge in [0.2, 0.25) is 5.88 Å². The molecule has 5 aromatic rings. The number of nitrogens with zero attached hydrogens (tertiary/aromatic N) is 7. The van der Waals surface area contributed by atoms with Crippen molar-refractivity contribution in [1.29, 1.82) is 0 Å². The van der Waals surface area contributed by atoms with E-state index in [0.717, 1.165) is 24.0 Å². The Morgan fingerprint density at radius 1 is 0.925 bits per heavy atom. The van der Waals surface area contributed by atoms with Gasteiger partial charge in [-0.2, -0.15) is 23.1 Å². The van der Waals surface area contributed by atoms with Gasteiger partial charge in [-0.15, -0.1) is 0 Å². The predicted octanol–water partition coefficient (Wildman–Crippen LogP) is 9.07. The summed E-state index contributed by atoms with van der Waals surface area (Å²) in [7, 11) is 3.12. The maximum atomic E-state index is 17.9. The third kappa shape index (κ3) is 8.24. The molecule has 0 unspecified atom stereocenters. The lowest BCUT2D eigenvalue weighted by Gasteiger charge is -2.48. The number of hydrogen-bond donors (Lipinski definition) is 0. The molecule has 0 radical (unpaired) electrons. The van der Waals surface area contributed by atoms with Crippen LogP contribution in [0, 0.1) is 18.2 Å². The number of hydrogen-bond acceptors (Lipinski definition) is 13. The molecule has 6 aliphatic rings. The van der Waals surface area contributed by atoms with Gasteiger partial charge in [-0.3, -0.25) is 4.90 Å². The van der Waals surface area contributed by atoms with Gasteiger partial charge in [0.25, 0.3) is 0 Å². The second kappa shape index (κ2) is 16.6. The van der Waals surface area contributed by atoms with Gasteiger partial charge in [0.05, 0.1) is 62.9 Å². The molecule has 4 bridgehead atoms. The molecule has 0 N–H and O–H groups in total. The van der Waals surface area contributed by atoms with E-state index in [4.69, 9.17) is 33.4 Å². The zero-order valence-electron chi connectivity index (χ0n) is 38.4. The molecule has 4 atom stereocenters. The van der Waals surface area contributed by atoms with E-state index in [1.54, 1.807) is 43.4 Å². The van der Waals surface area contributed by atoms with E-state index in [0.29, 0.717) is 37.5 Å². The number of carbonyl (C=O) groups is 1. The Morgan fingerprint density at radius 2 is 1.58 bits per heavy atom. The van der Waals surface area contributed by atoms with Crippen molar-refractivity contribution in [3.63, 3.8) is 0 Å². The first-order valence-electron chi connectivity index (χ1n) is 22.6. The molecule has 18 heteroatoms. The monoisotopic (exact) mass is 927 g/mol. The van der Waals surface area contributed by atoms with Gasteiger partial charge in [0.1, 0.15) is 51.4 Å². The minimum absolute atomic E-state index is 0.0966. The van der Waals surface area contributed by atoms with Crippen molar-refractivity contribution in [2.45, 2.75) is 116 Å². The summed E-state index contributed by atoms with van der Waals surface area (Å²) in [4.78, 5) is 38.1. The first-order chi connectivity index (χ1) is 31.9. The number of carbonyl (C=O) groups excluding carboxylic acids is 1. The van der Waals surface area contributed by atoms with Gasteiger partial charge in [-0.25, -0.2) is 19.2 Å². The van der Waals surface area contributed by atoms with Gasteiger partial charge >= 0.3 is 18.3 Å². The largest absolute Gasteiger partial charge is 0.497 e. The fourth-order valence-corrected chi connectivity index (χ4v) is 10.6. The summed E-state index contributed by atoms with van der Waals surface area (Å²) in [6.07, 6.45) is -3.07. The highest BCUT2D eigenvalue weighted by molar-refractivity contribution is 5.98. The van der Waals surface area contributed by atoms with Crippen molar-refractivity contribution >= 4 is 28.6 Å². The highest BCUT2D eigenvalue weighted by Gasteiger charge is 2.55. The maximum absolute atomic E-state index is 17.9. The second-order valence-corrected chi connectivity index (χ2v) is 19.5. The number of alkyl halides is 3. The summed E-state index contributed by atoms with van der Waals surface area (Å²) >= 11 is 0. The Labute approximate surface area is 385 Å². The molecule has 0 spiro atoms. The van der Waals surface area contributed by atoms with E-state index in [9.17, 15) is 4.79 Å². The van der Waals surface area contributed by atoms with Crippen LogP contribution in [-0.2, 0) is 28.7 Å². The van der Waals surface area contributed by atoms with Crippen molar-refractivity contribution in [1.82, 2.24) is 24.8 Å². The quantitative estimate of drug-likeness (QED) is 0.117. The van der Waals surface area contributed by atoms with Crippen LogP contribution in [0.2, 0.25) is 0 Å². The number of benzene rings is 2. The molecular formula is C49H53F4N7O7. The molecule has 1 aliphatic carbocycles. The molecule has 4 saturated heterocycles. The lowest BCUT2D eigenvalue weighted by Crippen LogP contribution is -2.65. The summed E-state index contributed by atoms with van der Waals surface area (Å²) in [6.45, 7) is 9.95. The average molecular weight is 928 g/mol. The first-order valence-corrected chi connectivity index (χ1v) is 22.6. The number of halogens is 4. The number of rotatable bonds is 11. The van der Waals surface area contributed by atoms with Crippen LogP contribution in [0.3, 0.4) is 0 Å². The van der Waals surface area contributed by atoms with E-state index in [1.165, 1.54) is 13.0 Å². The molecule has 8 heterocycles. The molecule has 354 valence electrons. The average Bonchev–Trinajstić information content (AvgIpc) is 3.95. The van der Waals surface area contributed by atoms with E-state index in [2.05, 4.69) is 15.0 Å². The zero-order valence-corrected chi connectivity index (χ0v) is 38.4. The van der Waals surface area contributed by atoms with Gasteiger partial charge in [-0.05, 0) is 102 Å². The number of fused-ring (bicyclic) bond motifs is 6. The normalized spacial score (nSPS) is 23.8. The van der Waals surface area contributed by atoms with Crippen molar-refractivity contribution in [3.05, 3.63) is 82.8 Å². The number of piperazine rings is 1. The van der Waals surface area contributed by atoms with Crippen molar-refractivity contribution in [2.75, 3.05) is 43.8 Å². The van der Waals surface area contributed by atoms with Crippen LogP contribution in [0.5, 0.6) is 23.4 Å². The molecule has 11 rings (SSSR count). The SMILES string of the molecule is COc1ccc(CN(Cc2ccc(OC)cc2)c2cc(-c3nc4c5c(nc(OCC67COC(C6)C7)nc5c3F)N3C[C@H]5CC[C@@H]([C@H]3[C@H](C)O4)N5C(=O)OC(C)(C)C)c(C(F)(F)F)c(C)n2)cc1. The van der Waals surface area contributed by atoms with Gasteiger partial charge < -0.3 is 38.2 Å². The predicted molar refractivity (Wildman–Crippen MR) is 239 cm³/mol. The summed E-state index contributed by atoms with van der Waals surface area (Å²) < 4.78 is 99.7. The second-order valence-electron chi connectivity index (χ2n) is 19.5. The van der Waals surface area contributed by atoms with Crippen LogP contribution < -0.4 is 28.7 Å². The highest BCUT2D eigenvalue weighted by atomic mass is 19.4. The zero-order chi connectivity index (χ0) is 47.2. The van der Waals surface area contributed by atoms with Gasteiger partial charge in [-0.1, -0.05) is 24.3 Å². The van der Waals surface area contributed by atoms with Crippen LogP contribution in [-0.4, -0.2) is 101 Å². The molecular weight excluding hydrogens is 875 g/mol. The molecule has 1 amide bonds. The lowest BCUT2D eigenvalue weighted by molar-refractivity contribution is -0.137. The van der Waals surface area contributed by atoms with E-state index < -0.39 is 58.7 Å². The molecule has 5 fully saturated rings. The number of amides is 1. The smallest absolute Gasteiger partial charge is 0.418 e. The van der Waals surface area contributed by atoms with E-state index >= 15 is 17.6 Å². The standard InChI is InChI=1S/C49H53F4N7O7/c1-26-38(49(51,52)53)34(18-36(54-26)58(21-28-8-13-31(62-6)14-9-28)22-29-10-15-32(63-7)16-11-29)40-39(50)41-37-43(57-45(56-41)65-25-48-19-33(20-48)64-24-48)59-23-30-12-17-35(42(59)27(2)66-44(37)55-40)60(30)46(61)67-47(3,4)5/h8-11,13-16,18,27,30,33,35,42H,12,17,19-25H2,1-7H3/t27-,30+,33?,35-,42+,48?/m0/s1. The number of ether oxygens (including phenoxy) is 6. The number of methoxy groups -OCH3 is 2. The fourth-order valence-electron chi connectivity index (χ4n) is 10.6. The molecule has 1 saturated carbocycles. The third-order valence-corrected chi connectivity index (χ3v) is 13.6. The summed E-state index contributed by atoms with van der Waals surface area (Å²) in [5.41, 5.74) is -2.35. The van der Waals surface area contributed by atoms with Crippen molar-refractivity contribution in [3.8, 4) is 34.6 Å². The third-order valence-electron chi connectivity index (χ3n) is 13.6. The highest BCUT2D eigenvalue weighted by Crippen LogP contribution is 2.51. The number of aryl methyl sites for hydroxylation is 1. The molecule has 14 nitrogen and oxygen atoms in total. The summed E-state index contributed by atoms with van der Waals surface area (Å²) in [6, 6.07) is 14.5. The fraction of sp³-hybridized carbons (Fsp3) is 0.490. The van der Waals surface area contributed by atoms with E-state index in [-0.39, 0.29) is 77.4 Å². The topological polar surface area (TPSA) is 134 Å². The van der Waals surface area contributed by atoms with Crippen LogP contribution >= 0.6 is 0 Å². The van der Waals surface area contributed by atoms with Gasteiger partial charge in [0.15, 0.2) is 5.82 Å². The van der Waals surface area contributed by atoms with Crippen LogP contribution in [0.1, 0.15) is 75.8 Å². The molecule has 67 heavy (non-hydrogen) atoms. The Balaban J connectivity index is 1.12. The van der Waals surface area contributed by atoms with Gasteiger partial charge in [0, 0.05) is 30.6 Å².